The zero-order chi connectivity index (χ0) is 28.8. The van der Waals surface area contributed by atoms with E-state index >= 15 is 0 Å². The van der Waals surface area contributed by atoms with Gasteiger partial charge in [-0.1, -0.05) is 24.3 Å². The fraction of sp³-hybridized carbons (Fsp3) is 0.355. The molecule has 1 fully saturated rings. The van der Waals surface area contributed by atoms with Crippen LogP contribution in [0.15, 0.2) is 66.9 Å². The fourth-order valence-electron chi connectivity index (χ4n) is 5.07. The van der Waals surface area contributed by atoms with Crippen molar-refractivity contribution in [2.75, 3.05) is 33.8 Å². The Labute approximate surface area is 239 Å². The molecule has 41 heavy (non-hydrogen) atoms. The summed E-state index contributed by atoms with van der Waals surface area (Å²) in [5.41, 5.74) is 2.16. The normalized spacial score (nSPS) is 20.1. The fourth-order valence-corrected chi connectivity index (χ4v) is 5.07. The monoisotopic (exact) mass is 558 g/mol. The van der Waals surface area contributed by atoms with Gasteiger partial charge in [0.05, 0.1) is 32.4 Å². The molecule has 4 heterocycles. The number of methoxy groups -OCH3 is 1. The summed E-state index contributed by atoms with van der Waals surface area (Å²) in [4.78, 5) is 46.3. The number of carbonyl (C=O) groups is 3. The number of likely N-dealkylation sites (tertiary alicyclic amines) is 1. The van der Waals surface area contributed by atoms with Gasteiger partial charge in [-0.3, -0.25) is 19.4 Å². The van der Waals surface area contributed by atoms with Crippen LogP contribution in [0.25, 0.3) is 0 Å². The van der Waals surface area contributed by atoms with Crippen LogP contribution in [-0.2, 0) is 27.4 Å². The second-order valence-electron chi connectivity index (χ2n) is 10.3. The average molecular weight is 559 g/mol. The Kier molecular flexibility index (Phi) is 8.79. The van der Waals surface area contributed by atoms with E-state index in [1.807, 2.05) is 42.5 Å². The zero-order valence-electron chi connectivity index (χ0n) is 23.2. The lowest BCUT2D eigenvalue weighted by molar-refractivity contribution is -0.135. The average Bonchev–Trinajstić information content (AvgIpc) is 2.99. The maximum absolute atomic E-state index is 13.1. The first kappa shape index (κ1) is 28.1. The first-order valence-electron chi connectivity index (χ1n) is 13.7. The van der Waals surface area contributed by atoms with E-state index in [-0.39, 0.29) is 49.9 Å². The minimum absolute atomic E-state index is 0.0726. The highest BCUT2D eigenvalue weighted by Crippen LogP contribution is 2.33. The van der Waals surface area contributed by atoms with E-state index in [9.17, 15) is 14.4 Å². The van der Waals surface area contributed by atoms with Gasteiger partial charge in [0.1, 0.15) is 11.4 Å². The summed E-state index contributed by atoms with van der Waals surface area (Å²) in [7, 11) is 3.20. The third-order valence-electron chi connectivity index (χ3n) is 7.33. The first-order chi connectivity index (χ1) is 19.9. The summed E-state index contributed by atoms with van der Waals surface area (Å²) in [5, 5.41) is 3.05. The van der Waals surface area contributed by atoms with Gasteiger partial charge >= 0.3 is 0 Å². The molecule has 214 valence electrons. The van der Waals surface area contributed by atoms with Crippen LogP contribution in [0.3, 0.4) is 0 Å². The van der Waals surface area contributed by atoms with Crippen LogP contribution in [0.2, 0.25) is 0 Å². The Morgan fingerprint density at radius 2 is 1.93 bits per heavy atom. The van der Waals surface area contributed by atoms with Crippen LogP contribution in [-0.4, -0.2) is 78.4 Å². The third kappa shape index (κ3) is 7.01. The Morgan fingerprint density at radius 3 is 2.73 bits per heavy atom. The molecular formula is C31H34N4O6. The van der Waals surface area contributed by atoms with Crippen molar-refractivity contribution in [1.82, 2.24) is 20.1 Å². The number of hydrogen-bond donors (Lipinski definition) is 1. The van der Waals surface area contributed by atoms with Gasteiger partial charge in [0.25, 0.3) is 5.91 Å². The third-order valence-corrected chi connectivity index (χ3v) is 7.33. The Bertz CT molecular complexity index is 1400. The SMILES string of the molecule is COc1cc2ccc1Oc1cccc(c1)CO[C@H]1CN(C(=O)c3ccccn3)CC[C@@H]1NC(=O)CN(C)C(=O)CC2. The molecule has 3 aliphatic rings. The molecule has 2 aromatic carbocycles. The van der Waals surface area contributed by atoms with Gasteiger partial charge in [-0.2, -0.15) is 0 Å². The molecule has 1 aromatic heterocycles. The van der Waals surface area contributed by atoms with Crippen LogP contribution in [0, 0.1) is 0 Å². The lowest BCUT2D eigenvalue weighted by atomic mass is 10.0. The number of aromatic nitrogens is 1. The van der Waals surface area contributed by atoms with E-state index in [1.54, 1.807) is 43.5 Å². The number of likely N-dealkylation sites (N-methyl/N-ethyl adjacent to an activating group) is 1. The Morgan fingerprint density at radius 1 is 1.05 bits per heavy atom. The molecule has 1 saturated heterocycles. The van der Waals surface area contributed by atoms with E-state index in [0.717, 1.165) is 11.1 Å². The number of carbonyl (C=O) groups excluding carboxylic acids is 3. The number of fused-ring (bicyclic) bond motifs is 9. The number of rotatable bonds is 2. The van der Waals surface area contributed by atoms with Gasteiger partial charge in [0.2, 0.25) is 11.8 Å². The molecule has 10 nitrogen and oxygen atoms in total. The first-order valence-corrected chi connectivity index (χ1v) is 13.7. The number of nitrogens with zero attached hydrogens (tertiary/aromatic N) is 3. The van der Waals surface area contributed by atoms with Crippen LogP contribution in [0.4, 0.5) is 0 Å². The number of amides is 3. The van der Waals surface area contributed by atoms with Crippen LogP contribution in [0.5, 0.6) is 17.2 Å². The van der Waals surface area contributed by atoms with Gasteiger partial charge in [-0.25, -0.2) is 0 Å². The van der Waals surface area contributed by atoms with Crippen molar-refractivity contribution >= 4 is 17.7 Å². The number of pyridine rings is 1. The molecule has 6 rings (SSSR count). The van der Waals surface area contributed by atoms with E-state index < -0.39 is 6.10 Å². The van der Waals surface area contributed by atoms with E-state index in [0.29, 0.717) is 42.3 Å². The molecule has 3 amide bonds. The molecule has 0 radical (unpaired) electrons. The van der Waals surface area contributed by atoms with Gasteiger partial charge in [0.15, 0.2) is 11.5 Å². The number of aryl methyl sites for hydroxylation is 1. The summed E-state index contributed by atoms with van der Waals surface area (Å²) in [6, 6.07) is 18.0. The van der Waals surface area contributed by atoms with Gasteiger partial charge < -0.3 is 29.3 Å². The Balaban J connectivity index is 1.40. The molecule has 2 atom stereocenters. The molecule has 0 spiro atoms. The largest absolute Gasteiger partial charge is 0.493 e. The lowest BCUT2D eigenvalue weighted by Crippen LogP contribution is -2.57. The highest BCUT2D eigenvalue weighted by Gasteiger charge is 2.34. The van der Waals surface area contributed by atoms with Crippen molar-refractivity contribution in [3.8, 4) is 17.2 Å². The van der Waals surface area contributed by atoms with Gasteiger partial charge in [-0.05, 0) is 60.4 Å². The molecule has 3 aliphatic heterocycles. The second-order valence-corrected chi connectivity index (χ2v) is 10.3. The van der Waals surface area contributed by atoms with Gasteiger partial charge in [0, 0.05) is 32.8 Å². The second kappa shape index (κ2) is 12.8. The van der Waals surface area contributed by atoms with Crippen molar-refractivity contribution < 1.29 is 28.6 Å². The van der Waals surface area contributed by atoms with Crippen molar-refractivity contribution in [3.63, 3.8) is 0 Å². The minimum atomic E-state index is -0.472. The lowest BCUT2D eigenvalue weighted by Gasteiger charge is -2.38. The topological polar surface area (TPSA) is 110 Å². The smallest absolute Gasteiger partial charge is 0.272 e. The van der Waals surface area contributed by atoms with E-state index in [1.165, 1.54) is 4.90 Å². The van der Waals surface area contributed by atoms with Crippen molar-refractivity contribution in [1.29, 1.82) is 0 Å². The van der Waals surface area contributed by atoms with Crippen LogP contribution < -0.4 is 14.8 Å². The number of ether oxygens (including phenoxy) is 3. The number of nitrogens with one attached hydrogen (secondary N) is 1. The summed E-state index contributed by atoms with van der Waals surface area (Å²) < 4.78 is 18.0. The molecule has 3 aromatic rings. The predicted molar refractivity (Wildman–Crippen MR) is 151 cm³/mol. The summed E-state index contributed by atoms with van der Waals surface area (Å²) in [6.07, 6.45) is 2.36. The van der Waals surface area contributed by atoms with Crippen molar-refractivity contribution in [2.45, 2.75) is 38.0 Å². The molecule has 0 saturated carbocycles. The Hall–Kier alpha value is -4.44. The minimum Gasteiger partial charge on any atom is -0.493 e. The predicted octanol–water partition coefficient (Wildman–Crippen LogP) is 3.20. The maximum Gasteiger partial charge on any atom is 0.272 e. The standard InChI is InChI=1S/C31H34N4O6/c1-34-19-29(36)33-24-13-15-35(31(38)25-8-3-4-14-32-25)18-28(24)40-20-22-6-5-7-23(16-22)41-26-11-9-21(10-12-30(34)37)17-27(26)39-2/h3-9,11,14,16-17,24,28H,10,12-13,15,18-20H2,1-2H3,(H,33,36)/t24-,28-/m0/s1. The molecule has 4 bridgehead atoms. The number of benzene rings is 2. The van der Waals surface area contributed by atoms with Gasteiger partial charge in [-0.15, -0.1) is 0 Å². The van der Waals surface area contributed by atoms with Crippen molar-refractivity contribution in [3.05, 3.63) is 83.7 Å². The molecular weight excluding hydrogens is 524 g/mol. The van der Waals surface area contributed by atoms with Crippen LogP contribution in [0.1, 0.15) is 34.5 Å². The quantitative estimate of drug-likeness (QED) is 0.514. The summed E-state index contributed by atoms with van der Waals surface area (Å²) in [6.45, 7) is 0.900. The van der Waals surface area contributed by atoms with Crippen molar-refractivity contribution in [2.24, 2.45) is 0 Å². The van der Waals surface area contributed by atoms with E-state index in [2.05, 4.69) is 10.3 Å². The molecule has 1 N–H and O–H groups in total. The van der Waals surface area contributed by atoms with Crippen LogP contribution >= 0.6 is 0 Å². The molecule has 10 heteroatoms. The summed E-state index contributed by atoms with van der Waals surface area (Å²) in [5.74, 6) is 1.13. The summed E-state index contributed by atoms with van der Waals surface area (Å²) >= 11 is 0. The number of piperidine rings is 1. The maximum atomic E-state index is 13.1. The number of hydrogen-bond acceptors (Lipinski definition) is 7. The zero-order valence-corrected chi connectivity index (χ0v) is 23.2. The highest BCUT2D eigenvalue weighted by molar-refractivity contribution is 5.92. The highest BCUT2D eigenvalue weighted by atomic mass is 16.5. The molecule has 0 unspecified atom stereocenters. The van der Waals surface area contributed by atoms with E-state index in [4.69, 9.17) is 14.2 Å². The molecule has 0 aliphatic carbocycles.